The van der Waals surface area contributed by atoms with Crippen LogP contribution in [0.1, 0.15) is 25.3 Å². The summed E-state index contributed by atoms with van der Waals surface area (Å²) in [7, 11) is 5.41. The van der Waals surface area contributed by atoms with E-state index in [1.807, 2.05) is 19.2 Å². The molecule has 96 valence electrons. The fraction of sp³-hybridized carbons (Fsp3) is 0.571. The molecule has 0 radical (unpaired) electrons. The van der Waals surface area contributed by atoms with Gasteiger partial charge in [0.15, 0.2) is 0 Å². The minimum atomic E-state index is 0.561. The molecule has 0 amide bonds. The molecular weight excluding hydrogens is 214 g/mol. The highest BCUT2D eigenvalue weighted by molar-refractivity contribution is 5.40. The Labute approximate surface area is 104 Å². The lowest BCUT2D eigenvalue weighted by molar-refractivity contribution is 0.396. The molecule has 0 saturated carbocycles. The highest BCUT2D eigenvalue weighted by Crippen LogP contribution is 2.25. The number of benzene rings is 1. The number of rotatable bonds is 7. The number of ether oxygens (including phenoxy) is 2. The lowest BCUT2D eigenvalue weighted by Gasteiger charge is -2.15. The predicted octanol–water partition coefficient (Wildman–Crippen LogP) is 2.63. The first-order valence-electron chi connectivity index (χ1n) is 6.13. The van der Waals surface area contributed by atoms with Gasteiger partial charge in [0.1, 0.15) is 11.5 Å². The van der Waals surface area contributed by atoms with Crippen molar-refractivity contribution in [1.82, 2.24) is 5.32 Å². The maximum Gasteiger partial charge on any atom is 0.122 e. The average Bonchev–Trinajstić information content (AvgIpc) is 2.39. The molecule has 1 aromatic carbocycles. The monoisotopic (exact) mass is 237 g/mol. The van der Waals surface area contributed by atoms with Gasteiger partial charge in [-0.2, -0.15) is 0 Å². The van der Waals surface area contributed by atoms with Gasteiger partial charge in [-0.1, -0.05) is 6.92 Å². The molecule has 0 aliphatic carbocycles. The summed E-state index contributed by atoms with van der Waals surface area (Å²) >= 11 is 0. The third-order valence-corrected chi connectivity index (χ3v) is 3.15. The molecule has 0 aliphatic rings. The molecule has 0 saturated heterocycles. The van der Waals surface area contributed by atoms with Gasteiger partial charge in [-0.25, -0.2) is 0 Å². The van der Waals surface area contributed by atoms with Crippen molar-refractivity contribution >= 4 is 0 Å². The van der Waals surface area contributed by atoms with Gasteiger partial charge in [-0.3, -0.25) is 0 Å². The van der Waals surface area contributed by atoms with Gasteiger partial charge in [-0.05, 0) is 50.1 Å². The Balaban J connectivity index is 2.73. The van der Waals surface area contributed by atoms with Crippen LogP contribution in [0.2, 0.25) is 0 Å². The van der Waals surface area contributed by atoms with Crippen molar-refractivity contribution in [3.05, 3.63) is 23.8 Å². The van der Waals surface area contributed by atoms with Gasteiger partial charge >= 0.3 is 0 Å². The van der Waals surface area contributed by atoms with Crippen LogP contribution in [0.5, 0.6) is 11.5 Å². The number of nitrogens with one attached hydrogen (secondary N) is 1. The minimum Gasteiger partial charge on any atom is -0.497 e. The zero-order valence-corrected chi connectivity index (χ0v) is 11.2. The first kappa shape index (κ1) is 13.8. The maximum absolute atomic E-state index is 5.37. The fourth-order valence-corrected chi connectivity index (χ4v) is 1.96. The molecule has 1 unspecified atom stereocenters. The summed E-state index contributed by atoms with van der Waals surface area (Å²) in [6.07, 6.45) is 3.25. The van der Waals surface area contributed by atoms with E-state index in [0.29, 0.717) is 6.04 Å². The maximum atomic E-state index is 5.37. The number of aryl methyl sites for hydroxylation is 1. The molecule has 1 rings (SSSR count). The van der Waals surface area contributed by atoms with Crippen molar-refractivity contribution in [1.29, 1.82) is 0 Å². The van der Waals surface area contributed by atoms with Gasteiger partial charge in [0.25, 0.3) is 0 Å². The van der Waals surface area contributed by atoms with Crippen LogP contribution in [-0.2, 0) is 6.42 Å². The van der Waals surface area contributed by atoms with Crippen molar-refractivity contribution in [2.45, 2.75) is 32.2 Å². The standard InChI is InChI=1S/C14H23NO2/c1-5-12(15-2)7-6-11-10-13(16-3)8-9-14(11)17-4/h8-10,12,15H,5-7H2,1-4H3. The lowest BCUT2D eigenvalue weighted by Crippen LogP contribution is -2.24. The van der Waals surface area contributed by atoms with Crippen LogP contribution < -0.4 is 14.8 Å². The van der Waals surface area contributed by atoms with E-state index in [9.17, 15) is 0 Å². The van der Waals surface area contributed by atoms with Crippen molar-refractivity contribution in [2.75, 3.05) is 21.3 Å². The average molecular weight is 237 g/mol. The second-order valence-electron chi connectivity index (χ2n) is 4.11. The molecule has 1 atom stereocenters. The molecule has 3 heteroatoms. The van der Waals surface area contributed by atoms with Gasteiger partial charge in [0, 0.05) is 6.04 Å². The molecule has 17 heavy (non-hydrogen) atoms. The smallest absolute Gasteiger partial charge is 0.122 e. The van der Waals surface area contributed by atoms with Crippen LogP contribution in [-0.4, -0.2) is 27.3 Å². The van der Waals surface area contributed by atoms with Crippen LogP contribution in [0.4, 0.5) is 0 Å². The Kier molecular flexibility index (Phi) is 5.84. The lowest BCUT2D eigenvalue weighted by atomic mass is 10.0. The Morgan fingerprint density at radius 3 is 2.53 bits per heavy atom. The summed E-state index contributed by atoms with van der Waals surface area (Å²) in [6, 6.07) is 6.51. The van der Waals surface area contributed by atoms with E-state index in [2.05, 4.69) is 18.3 Å². The molecular formula is C14H23NO2. The summed E-state index contributed by atoms with van der Waals surface area (Å²) in [5.41, 5.74) is 1.21. The summed E-state index contributed by atoms with van der Waals surface area (Å²) in [5, 5.41) is 3.32. The molecule has 3 nitrogen and oxygen atoms in total. The quantitative estimate of drug-likeness (QED) is 0.791. The minimum absolute atomic E-state index is 0.561. The van der Waals surface area contributed by atoms with E-state index in [-0.39, 0.29) is 0 Å². The Morgan fingerprint density at radius 1 is 1.24 bits per heavy atom. The van der Waals surface area contributed by atoms with E-state index in [0.717, 1.165) is 30.8 Å². The van der Waals surface area contributed by atoms with Crippen molar-refractivity contribution in [2.24, 2.45) is 0 Å². The van der Waals surface area contributed by atoms with Crippen molar-refractivity contribution in [3.8, 4) is 11.5 Å². The largest absolute Gasteiger partial charge is 0.497 e. The van der Waals surface area contributed by atoms with Crippen LogP contribution in [0.25, 0.3) is 0 Å². The zero-order valence-electron chi connectivity index (χ0n) is 11.2. The van der Waals surface area contributed by atoms with E-state index in [4.69, 9.17) is 9.47 Å². The van der Waals surface area contributed by atoms with Crippen LogP contribution in [0.15, 0.2) is 18.2 Å². The van der Waals surface area contributed by atoms with Crippen LogP contribution in [0, 0.1) is 0 Å². The molecule has 0 bridgehead atoms. The van der Waals surface area contributed by atoms with E-state index in [1.54, 1.807) is 14.2 Å². The van der Waals surface area contributed by atoms with Crippen LogP contribution >= 0.6 is 0 Å². The Bertz CT molecular complexity index is 335. The Hall–Kier alpha value is -1.22. The first-order chi connectivity index (χ1) is 8.24. The third-order valence-electron chi connectivity index (χ3n) is 3.15. The van der Waals surface area contributed by atoms with Gasteiger partial charge in [0.05, 0.1) is 14.2 Å². The van der Waals surface area contributed by atoms with E-state index in [1.165, 1.54) is 5.56 Å². The van der Waals surface area contributed by atoms with E-state index >= 15 is 0 Å². The zero-order chi connectivity index (χ0) is 12.7. The van der Waals surface area contributed by atoms with Gasteiger partial charge in [-0.15, -0.1) is 0 Å². The SMILES string of the molecule is CCC(CCc1cc(OC)ccc1OC)NC. The summed E-state index contributed by atoms with van der Waals surface area (Å²) < 4.78 is 10.6. The number of methoxy groups -OCH3 is 2. The van der Waals surface area contributed by atoms with Crippen molar-refractivity contribution in [3.63, 3.8) is 0 Å². The highest BCUT2D eigenvalue weighted by Gasteiger charge is 2.08. The normalized spacial score (nSPS) is 12.2. The molecule has 1 aromatic rings. The predicted molar refractivity (Wildman–Crippen MR) is 71.0 cm³/mol. The molecule has 0 heterocycles. The van der Waals surface area contributed by atoms with Crippen LogP contribution in [0.3, 0.4) is 0 Å². The number of hydrogen-bond acceptors (Lipinski definition) is 3. The van der Waals surface area contributed by atoms with Gasteiger partial charge in [0.2, 0.25) is 0 Å². The first-order valence-corrected chi connectivity index (χ1v) is 6.13. The molecule has 0 fully saturated rings. The molecule has 0 aliphatic heterocycles. The van der Waals surface area contributed by atoms with E-state index < -0.39 is 0 Å². The summed E-state index contributed by atoms with van der Waals surface area (Å²) in [6.45, 7) is 2.20. The summed E-state index contributed by atoms with van der Waals surface area (Å²) in [4.78, 5) is 0. The second-order valence-corrected chi connectivity index (χ2v) is 4.11. The highest BCUT2D eigenvalue weighted by atomic mass is 16.5. The van der Waals surface area contributed by atoms with Crippen molar-refractivity contribution < 1.29 is 9.47 Å². The fourth-order valence-electron chi connectivity index (χ4n) is 1.96. The number of hydrogen-bond donors (Lipinski definition) is 1. The molecule has 0 aromatic heterocycles. The Morgan fingerprint density at radius 2 is 2.00 bits per heavy atom. The summed E-state index contributed by atoms with van der Waals surface area (Å²) in [5.74, 6) is 1.83. The topological polar surface area (TPSA) is 30.5 Å². The third kappa shape index (κ3) is 3.93. The van der Waals surface area contributed by atoms with Gasteiger partial charge < -0.3 is 14.8 Å². The molecule has 0 spiro atoms. The molecule has 1 N–H and O–H groups in total. The second kappa shape index (κ2) is 7.17.